The van der Waals surface area contributed by atoms with Crippen molar-refractivity contribution in [2.45, 2.75) is 38.7 Å². The summed E-state index contributed by atoms with van der Waals surface area (Å²) in [6.45, 7) is 6.91. The molecule has 1 aromatic carbocycles. The van der Waals surface area contributed by atoms with Crippen LogP contribution in [0.3, 0.4) is 0 Å². The maximum absolute atomic E-state index is 12.3. The van der Waals surface area contributed by atoms with Crippen molar-refractivity contribution in [1.82, 2.24) is 24.8 Å². The van der Waals surface area contributed by atoms with Crippen LogP contribution in [0.2, 0.25) is 0 Å². The second-order valence-electron chi connectivity index (χ2n) is 8.24. The summed E-state index contributed by atoms with van der Waals surface area (Å²) >= 11 is 0. The second-order valence-corrected chi connectivity index (χ2v) is 8.24. The maximum Gasteiger partial charge on any atom is 0.410 e. The molecule has 3 aromatic rings. The summed E-state index contributed by atoms with van der Waals surface area (Å²) in [6.07, 6.45) is 6.03. The fourth-order valence-electron chi connectivity index (χ4n) is 3.37. The Labute approximate surface area is 170 Å². The number of ether oxygens (including phenoxy) is 1. The van der Waals surface area contributed by atoms with Crippen LogP contribution < -0.4 is 0 Å². The third-order valence-corrected chi connectivity index (χ3v) is 4.80. The highest BCUT2D eigenvalue weighted by Crippen LogP contribution is 2.28. The SMILES string of the molecule is CC(C)(C)OC(=O)N1CC[C@H](c2nc(-c3cnc(-c4ccccc4)nc3)c[nH]2)C1. The second kappa shape index (κ2) is 7.66. The van der Waals surface area contributed by atoms with Gasteiger partial charge in [0.2, 0.25) is 0 Å². The van der Waals surface area contributed by atoms with Gasteiger partial charge in [0, 0.05) is 48.7 Å². The van der Waals surface area contributed by atoms with Crippen molar-refractivity contribution in [1.29, 1.82) is 0 Å². The third kappa shape index (κ3) is 4.45. The molecule has 1 fully saturated rings. The van der Waals surface area contributed by atoms with Crippen molar-refractivity contribution in [3.8, 4) is 22.6 Å². The number of imidazole rings is 1. The van der Waals surface area contributed by atoms with E-state index >= 15 is 0 Å². The smallest absolute Gasteiger partial charge is 0.410 e. The van der Waals surface area contributed by atoms with Crippen molar-refractivity contribution >= 4 is 6.09 Å². The van der Waals surface area contributed by atoms with Crippen LogP contribution in [0.1, 0.15) is 38.9 Å². The molecule has 4 rings (SSSR count). The largest absolute Gasteiger partial charge is 0.444 e. The Morgan fingerprint density at radius 1 is 1.14 bits per heavy atom. The Hall–Kier alpha value is -3.22. The van der Waals surface area contributed by atoms with E-state index in [0.29, 0.717) is 18.9 Å². The lowest BCUT2D eigenvalue weighted by Gasteiger charge is -2.24. The number of carbonyl (C=O) groups is 1. The number of H-pyrrole nitrogens is 1. The summed E-state index contributed by atoms with van der Waals surface area (Å²) in [7, 11) is 0. The quantitative estimate of drug-likeness (QED) is 0.721. The number of rotatable bonds is 3. The van der Waals surface area contributed by atoms with Gasteiger partial charge in [-0.25, -0.2) is 19.7 Å². The molecule has 2 aromatic heterocycles. The summed E-state index contributed by atoms with van der Waals surface area (Å²) in [5.74, 6) is 1.73. The van der Waals surface area contributed by atoms with Crippen LogP contribution >= 0.6 is 0 Å². The molecular weight excluding hydrogens is 366 g/mol. The van der Waals surface area contributed by atoms with Crippen LogP contribution in [0.25, 0.3) is 22.6 Å². The molecule has 3 heterocycles. The molecule has 7 nitrogen and oxygen atoms in total. The molecule has 0 aliphatic carbocycles. The number of benzene rings is 1. The average Bonchev–Trinajstić information content (AvgIpc) is 3.37. The minimum atomic E-state index is -0.487. The van der Waals surface area contributed by atoms with Crippen LogP contribution in [-0.2, 0) is 4.74 Å². The number of hydrogen-bond acceptors (Lipinski definition) is 5. The molecule has 7 heteroatoms. The standard InChI is InChI=1S/C22H25N5O2/c1-22(2,3)29-21(28)27-10-9-16(14-27)20-25-13-18(26-20)17-11-23-19(24-12-17)15-7-5-4-6-8-15/h4-8,11-13,16H,9-10,14H2,1-3H3,(H,25,26)/t16-/m0/s1. The van der Waals surface area contributed by atoms with Gasteiger partial charge in [0.05, 0.1) is 5.69 Å². The summed E-state index contributed by atoms with van der Waals surface area (Å²) in [4.78, 5) is 30.9. The highest BCUT2D eigenvalue weighted by atomic mass is 16.6. The van der Waals surface area contributed by atoms with Gasteiger partial charge in [0.15, 0.2) is 5.82 Å². The average molecular weight is 391 g/mol. The molecule has 1 N–H and O–H groups in total. The molecule has 29 heavy (non-hydrogen) atoms. The fourth-order valence-corrected chi connectivity index (χ4v) is 3.37. The van der Waals surface area contributed by atoms with Crippen LogP contribution in [0.4, 0.5) is 4.79 Å². The zero-order chi connectivity index (χ0) is 20.4. The van der Waals surface area contributed by atoms with Crippen molar-refractivity contribution < 1.29 is 9.53 Å². The normalized spacial score (nSPS) is 16.8. The van der Waals surface area contributed by atoms with Gasteiger partial charge in [-0.2, -0.15) is 0 Å². The van der Waals surface area contributed by atoms with Gasteiger partial charge in [0.25, 0.3) is 0 Å². The van der Waals surface area contributed by atoms with Crippen molar-refractivity contribution in [2.24, 2.45) is 0 Å². The fraction of sp³-hybridized carbons (Fsp3) is 0.364. The Morgan fingerprint density at radius 3 is 2.55 bits per heavy atom. The predicted octanol–water partition coefficient (Wildman–Crippen LogP) is 4.26. The number of nitrogens with one attached hydrogen (secondary N) is 1. The van der Waals surface area contributed by atoms with E-state index < -0.39 is 5.60 Å². The van der Waals surface area contributed by atoms with Crippen LogP contribution in [-0.4, -0.2) is 49.6 Å². The number of likely N-dealkylation sites (tertiary alicyclic amines) is 1. The molecule has 0 unspecified atom stereocenters. The van der Waals surface area contributed by atoms with E-state index in [2.05, 4.69) is 15.0 Å². The zero-order valence-corrected chi connectivity index (χ0v) is 16.9. The maximum atomic E-state index is 12.3. The van der Waals surface area contributed by atoms with E-state index in [1.54, 1.807) is 17.3 Å². The van der Waals surface area contributed by atoms with Gasteiger partial charge in [-0.3, -0.25) is 0 Å². The van der Waals surface area contributed by atoms with Gasteiger partial charge < -0.3 is 14.6 Å². The highest BCUT2D eigenvalue weighted by Gasteiger charge is 2.32. The third-order valence-electron chi connectivity index (χ3n) is 4.80. The number of aromatic nitrogens is 4. The minimum Gasteiger partial charge on any atom is -0.444 e. The van der Waals surface area contributed by atoms with E-state index in [1.807, 2.05) is 57.3 Å². The van der Waals surface area contributed by atoms with E-state index in [9.17, 15) is 4.79 Å². The monoisotopic (exact) mass is 391 g/mol. The molecule has 0 radical (unpaired) electrons. The van der Waals surface area contributed by atoms with Gasteiger partial charge in [0.1, 0.15) is 11.4 Å². The Balaban J connectivity index is 1.43. The molecule has 0 bridgehead atoms. The zero-order valence-electron chi connectivity index (χ0n) is 16.9. The summed E-state index contributed by atoms with van der Waals surface area (Å²) in [5, 5.41) is 0. The van der Waals surface area contributed by atoms with Crippen molar-refractivity contribution in [3.05, 3.63) is 54.7 Å². The number of aromatic amines is 1. The van der Waals surface area contributed by atoms with Crippen molar-refractivity contribution in [3.63, 3.8) is 0 Å². The van der Waals surface area contributed by atoms with E-state index in [1.165, 1.54) is 0 Å². The van der Waals surface area contributed by atoms with Gasteiger partial charge in [-0.05, 0) is 27.2 Å². The van der Waals surface area contributed by atoms with E-state index in [-0.39, 0.29) is 12.0 Å². The predicted molar refractivity (Wildman–Crippen MR) is 110 cm³/mol. The Bertz CT molecular complexity index is 976. The molecule has 0 saturated carbocycles. The molecular formula is C22H25N5O2. The van der Waals surface area contributed by atoms with E-state index in [4.69, 9.17) is 9.72 Å². The Kier molecular flexibility index (Phi) is 5.05. The summed E-state index contributed by atoms with van der Waals surface area (Å²) in [5.41, 5.74) is 2.15. The topological polar surface area (TPSA) is 84.0 Å². The van der Waals surface area contributed by atoms with Crippen LogP contribution in [0.5, 0.6) is 0 Å². The van der Waals surface area contributed by atoms with Gasteiger partial charge >= 0.3 is 6.09 Å². The molecule has 150 valence electrons. The first-order valence-corrected chi connectivity index (χ1v) is 9.80. The summed E-state index contributed by atoms with van der Waals surface area (Å²) in [6, 6.07) is 9.87. The first kappa shape index (κ1) is 19.1. The number of carbonyl (C=O) groups excluding carboxylic acids is 1. The number of hydrogen-bond donors (Lipinski definition) is 1. The summed E-state index contributed by atoms with van der Waals surface area (Å²) < 4.78 is 5.47. The highest BCUT2D eigenvalue weighted by molar-refractivity contribution is 5.68. The molecule has 1 aliphatic heterocycles. The lowest BCUT2D eigenvalue weighted by molar-refractivity contribution is 0.0292. The molecule has 0 spiro atoms. The first-order valence-electron chi connectivity index (χ1n) is 9.80. The lowest BCUT2D eigenvalue weighted by Crippen LogP contribution is -2.35. The lowest BCUT2D eigenvalue weighted by atomic mass is 10.1. The Morgan fingerprint density at radius 2 is 1.86 bits per heavy atom. The van der Waals surface area contributed by atoms with Crippen molar-refractivity contribution in [2.75, 3.05) is 13.1 Å². The van der Waals surface area contributed by atoms with E-state index in [0.717, 1.165) is 29.1 Å². The van der Waals surface area contributed by atoms with Crippen LogP contribution in [0, 0.1) is 0 Å². The van der Waals surface area contributed by atoms with Gasteiger partial charge in [-0.15, -0.1) is 0 Å². The van der Waals surface area contributed by atoms with Crippen LogP contribution in [0.15, 0.2) is 48.9 Å². The molecule has 1 saturated heterocycles. The number of amides is 1. The van der Waals surface area contributed by atoms with Gasteiger partial charge in [-0.1, -0.05) is 30.3 Å². The molecule has 1 atom stereocenters. The minimum absolute atomic E-state index is 0.167. The first-order chi connectivity index (χ1) is 13.9. The molecule has 1 amide bonds. The number of nitrogens with zero attached hydrogens (tertiary/aromatic N) is 4. The molecule has 1 aliphatic rings.